The number of carbonyl (C=O) groups excluding carboxylic acids is 2. The number of nitrogens with zero attached hydrogens (tertiary/aromatic N) is 1. The Balaban J connectivity index is 1.96. The van der Waals surface area contributed by atoms with Crippen LogP contribution in [0.2, 0.25) is 0 Å². The first kappa shape index (κ1) is 26.4. The van der Waals surface area contributed by atoms with Gasteiger partial charge in [0.25, 0.3) is 0 Å². The van der Waals surface area contributed by atoms with Crippen molar-refractivity contribution in [2.75, 3.05) is 19.6 Å². The Morgan fingerprint density at radius 2 is 1.97 bits per heavy atom. The van der Waals surface area contributed by atoms with Gasteiger partial charge in [0.05, 0.1) is 20.3 Å². The Labute approximate surface area is 211 Å². The van der Waals surface area contributed by atoms with Gasteiger partial charge in [-0.3, -0.25) is 9.59 Å². The average molecular weight is 507 g/mol. The largest absolute Gasteiger partial charge is 0.493 e. The first-order valence-corrected chi connectivity index (χ1v) is 13.4. The maximum Gasteiger partial charge on any atom is 0.247 e. The van der Waals surface area contributed by atoms with Crippen molar-refractivity contribution in [1.82, 2.24) is 10.2 Å². The molecule has 186 valence electrons. The summed E-state index contributed by atoms with van der Waals surface area (Å²) in [7, 11) is 1.57. The average Bonchev–Trinajstić information content (AvgIpc) is 3.36. The molecule has 0 bridgehead atoms. The van der Waals surface area contributed by atoms with Crippen LogP contribution in [0.5, 0.6) is 11.5 Å². The Hall–Kier alpha value is -2.25. The zero-order valence-corrected chi connectivity index (χ0v) is 21.8. The fourth-order valence-corrected chi connectivity index (χ4v) is 5.17. The van der Waals surface area contributed by atoms with Crippen LogP contribution in [0.4, 0.5) is 0 Å². The number of amides is 2. The molecule has 34 heavy (non-hydrogen) atoms. The van der Waals surface area contributed by atoms with Crippen LogP contribution in [0.3, 0.4) is 0 Å². The van der Waals surface area contributed by atoms with E-state index in [1.54, 1.807) is 35.5 Å². The van der Waals surface area contributed by atoms with Gasteiger partial charge >= 0.3 is 0 Å². The van der Waals surface area contributed by atoms with Crippen molar-refractivity contribution < 1.29 is 19.1 Å². The molecule has 1 unspecified atom stereocenters. The highest BCUT2D eigenvalue weighted by atomic mass is 35.5. The third-order valence-corrected chi connectivity index (χ3v) is 7.32. The molecule has 1 saturated carbocycles. The number of rotatable bonds is 11. The number of thiophene rings is 1. The second kappa shape index (κ2) is 13.0. The SMILES string of the molecule is CCCOc1ccc(C(C(=O)NC2CCC(C)CC2)N(Cc2cccs2)C(=O)CCl)cc1OC. The van der Waals surface area contributed by atoms with Crippen LogP contribution in [0.15, 0.2) is 35.7 Å². The fourth-order valence-electron chi connectivity index (χ4n) is 4.31. The maximum atomic E-state index is 13.7. The van der Waals surface area contributed by atoms with Gasteiger partial charge in [0.1, 0.15) is 11.9 Å². The van der Waals surface area contributed by atoms with Gasteiger partial charge in [0, 0.05) is 10.9 Å². The van der Waals surface area contributed by atoms with E-state index in [1.165, 1.54) is 0 Å². The molecular formula is C26H35ClN2O4S. The van der Waals surface area contributed by atoms with E-state index in [9.17, 15) is 9.59 Å². The minimum absolute atomic E-state index is 0.106. The topological polar surface area (TPSA) is 67.9 Å². The summed E-state index contributed by atoms with van der Waals surface area (Å²) in [6, 6.07) is 8.60. The van der Waals surface area contributed by atoms with E-state index in [0.29, 0.717) is 36.1 Å². The zero-order valence-electron chi connectivity index (χ0n) is 20.2. The number of hydrogen-bond donors (Lipinski definition) is 1. The molecule has 0 aliphatic heterocycles. The third kappa shape index (κ3) is 6.89. The first-order valence-electron chi connectivity index (χ1n) is 12.0. The molecule has 1 aliphatic carbocycles. The van der Waals surface area contributed by atoms with E-state index in [1.807, 2.05) is 30.5 Å². The lowest BCUT2D eigenvalue weighted by atomic mass is 9.87. The van der Waals surface area contributed by atoms with Crippen molar-refractivity contribution in [2.45, 2.75) is 64.6 Å². The van der Waals surface area contributed by atoms with Crippen molar-refractivity contribution >= 4 is 34.8 Å². The molecule has 1 N–H and O–H groups in total. The van der Waals surface area contributed by atoms with Gasteiger partial charge < -0.3 is 19.7 Å². The van der Waals surface area contributed by atoms with Gasteiger partial charge in [0.2, 0.25) is 11.8 Å². The molecule has 1 atom stereocenters. The molecule has 0 spiro atoms. The number of alkyl halides is 1. The Bertz CT molecular complexity index is 929. The van der Waals surface area contributed by atoms with Crippen LogP contribution in [0.25, 0.3) is 0 Å². The monoisotopic (exact) mass is 506 g/mol. The van der Waals surface area contributed by atoms with Gasteiger partial charge in [0.15, 0.2) is 11.5 Å². The lowest BCUT2D eigenvalue weighted by molar-refractivity contribution is -0.140. The van der Waals surface area contributed by atoms with Crippen LogP contribution >= 0.6 is 22.9 Å². The summed E-state index contributed by atoms with van der Waals surface area (Å²) < 4.78 is 11.4. The maximum absolute atomic E-state index is 13.7. The van der Waals surface area contributed by atoms with Crippen LogP contribution in [0.1, 0.15) is 62.4 Å². The predicted octanol–water partition coefficient (Wildman–Crippen LogP) is 5.55. The second-order valence-electron chi connectivity index (χ2n) is 8.86. The van der Waals surface area contributed by atoms with E-state index in [2.05, 4.69) is 12.2 Å². The second-order valence-corrected chi connectivity index (χ2v) is 10.2. The normalized spacial score (nSPS) is 18.7. The third-order valence-electron chi connectivity index (χ3n) is 6.23. The Morgan fingerprint density at radius 1 is 1.21 bits per heavy atom. The highest BCUT2D eigenvalue weighted by Crippen LogP contribution is 2.34. The van der Waals surface area contributed by atoms with Crippen molar-refractivity contribution in [1.29, 1.82) is 0 Å². The summed E-state index contributed by atoms with van der Waals surface area (Å²) in [6.45, 7) is 5.15. The number of benzene rings is 1. The Morgan fingerprint density at radius 3 is 2.59 bits per heavy atom. The fraction of sp³-hybridized carbons (Fsp3) is 0.538. The number of hydrogen-bond acceptors (Lipinski definition) is 5. The van der Waals surface area contributed by atoms with Crippen LogP contribution in [0, 0.1) is 5.92 Å². The summed E-state index contributed by atoms with van der Waals surface area (Å²) in [6.07, 6.45) is 4.94. The molecule has 2 amide bonds. The van der Waals surface area contributed by atoms with E-state index in [0.717, 1.165) is 37.0 Å². The lowest BCUT2D eigenvalue weighted by Gasteiger charge is -2.34. The molecule has 2 aromatic rings. The summed E-state index contributed by atoms with van der Waals surface area (Å²) >= 11 is 7.55. The van der Waals surface area contributed by atoms with Crippen LogP contribution in [-0.2, 0) is 16.1 Å². The highest BCUT2D eigenvalue weighted by molar-refractivity contribution is 7.09. The zero-order chi connectivity index (χ0) is 24.5. The quantitative estimate of drug-likeness (QED) is 0.406. The summed E-state index contributed by atoms with van der Waals surface area (Å²) in [5.41, 5.74) is 0.664. The number of ether oxygens (including phenoxy) is 2. The molecular weight excluding hydrogens is 472 g/mol. The minimum Gasteiger partial charge on any atom is -0.493 e. The number of halogens is 1. The summed E-state index contributed by atoms with van der Waals surface area (Å²) in [5.74, 6) is 1.13. The predicted molar refractivity (Wildman–Crippen MR) is 137 cm³/mol. The standard InChI is InChI=1S/C26H35ClN2O4S/c1-4-13-33-22-12-9-19(15-23(22)32-3)25(26(31)28-20-10-7-18(2)8-11-20)29(24(30)16-27)17-21-6-5-14-34-21/h5-6,9,12,14-15,18,20,25H,4,7-8,10-11,13,16-17H2,1-3H3,(H,28,31). The minimum atomic E-state index is -0.832. The smallest absolute Gasteiger partial charge is 0.247 e. The van der Waals surface area contributed by atoms with E-state index < -0.39 is 6.04 Å². The molecule has 0 radical (unpaired) electrons. The molecule has 1 aromatic heterocycles. The van der Waals surface area contributed by atoms with E-state index in [4.69, 9.17) is 21.1 Å². The Kier molecular flexibility index (Phi) is 10.1. The molecule has 8 heteroatoms. The van der Waals surface area contributed by atoms with E-state index in [-0.39, 0.29) is 23.7 Å². The molecule has 1 aromatic carbocycles. The molecule has 1 fully saturated rings. The van der Waals surface area contributed by atoms with Gasteiger partial charge in [-0.15, -0.1) is 22.9 Å². The first-order chi connectivity index (χ1) is 16.5. The van der Waals surface area contributed by atoms with Gasteiger partial charge in [-0.2, -0.15) is 0 Å². The van der Waals surface area contributed by atoms with Gasteiger partial charge in [-0.1, -0.05) is 26.0 Å². The number of methoxy groups -OCH3 is 1. The van der Waals surface area contributed by atoms with Crippen molar-refractivity contribution in [3.05, 3.63) is 46.2 Å². The molecule has 3 rings (SSSR count). The van der Waals surface area contributed by atoms with Crippen molar-refractivity contribution in [2.24, 2.45) is 5.92 Å². The lowest BCUT2D eigenvalue weighted by Crippen LogP contribution is -2.47. The summed E-state index contributed by atoms with van der Waals surface area (Å²) in [5, 5.41) is 5.18. The van der Waals surface area contributed by atoms with Crippen LogP contribution in [-0.4, -0.2) is 42.4 Å². The summed E-state index contributed by atoms with van der Waals surface area (Å²) in [4.78, 5) is 29.3. The molecule has 1 aliphatic rings. The molecule has 6 nitrogen and oxygen atoms in total. The van der Waals surface area contributed by atoms with Crippen LogP contribution < -0.4 is 14.8 Å². The molecule has 1 heterocycles. The van der Waals surface area contributed by atoms with Gasteiger partial charge in [-0.05, 0) is 67.2 Å². The highest BCUT2D eigenvalue weighted by Gasteiger charge is 2.34. The molecule has 0 saturated heterocycles. The van der Waals surface area contributed by atoms with Gasteiger partial charge in [-0.25, -0.2) is 0 Å². The van der Waals surface area contributed by atoms with Crippen molar-refractivity contribution in [3.63, 3.8) is 0 Å². The van der Waals surface area contributed by atoms with E-state index >= 15 is 0 Å². The number of carbonyl (C=O) groups is 2. The number of nitrogens with one attached hydrogen (secondary N) is 1. The van der Waals surface area contributed by atoms with Crippen molar-refractivity contribution in [3.8, 4) is 11.5 Å².